The van der Waals surface area contributed by atoms with E-state index in [0.29, 0.717) is 6.04 Å². The van der Waals surface area contributed by atoms with Crippen molar-refractivity contribution in [3.8, 4) is 0 Å². The van der Waals surface area contributed by atoms with Crippen LogP contribution in [0.15, 0.2) is 29.0 Å². The van der Waals surface area contributed by atoms with Crippen LogP contribution >= 0.6 is 34.3 Å². The minimum Gasteiger partial charge on any atom is -0.309 e. The smallest absolute Gasteiger partial charge is 0.0931 e. The van der Waals surface area contributed by atoms with Gasteiger partial charge >= 0.3 is 0 Å². The van der Waals surface area contributed by atoms with Gasteiger partial charge in [0.05, 0.1) is 4.34 Å². The lowest BCUT2D eigenvalue weighted by atomic mass is 10.1. The van der Waals surface area contributed by atoms with Crippen molar-refractivity contribution in [2.75, 3.05) is 0 Å². The highest BCUT2D eigenvalue weighted by atomic mass is 35.5. The highest BCUT2D eigenvalue weighted by Crippen LogP contribution is 2.21. The van der Waals surface area contributed by atoms with Crippen LogP contribution < -0.4 is 5.32 Å². The second-order valence-electron chi connectivity index (χ2n) is 3.82. The van der Waals surface area contributed by atoms with Crippen molar-refractivity contribution in [3.05, 3.63) is 43.7 Å². The van der Waals surface area contributed by atoms with E-state index in [0.717, 1.165) is 17.3 Å². The number of nitrogens with one attached hydrogen (secondary N) is 1. The summed E-state index contributed by atoms with van der Waals surface area (Å²) in [4.78, 5) is 1.29. The minimum absolute atomic E-state index is 0.496. The molecule has 0 saturated carbocycles. The van der Waals surface area contributed by atoms with Crippen molar-refractivity contribution in [3.63, 3.8) is 0 Å². The number of thiophene rings is 2. The molecule has 0 aliphatic heterocycles. The zero-order valence-electron chi connectivity index (χ0n) is 9.07. The molecule has 2 aromatic heterocycles. The third-order valence-corrected chi connectivity index (χ3v) is 4.34. The Hall–Kier alpha value is -0.350. The van der Waals surface area contributed by atoms with Crippen LogP contribution in [0, 0.1) is 0 Å². The monoisotopic (exact) mass is 271 g/mol. The summed E-state index contributed by atoms with van der Waals surface area (Å²) in [6.07, 6.45) is 1.09. The summed E-state index contributed by atoms with van der Waals surface area (Å²) >= 11 is 9.28. The average Bonchev–Trinajstić information content (AvgIpc) is 2.87. The molecule has 0 amide bonds. The molecule has 2 rings (SSSR count). The number of hydrogen-bond acceptors (Lipinski definition) is 3. The van der Waals surface area contributed by atoms with Crippen LogP contribution in [0.5, 0.6) is 0 Å². The molecule has 86 valence electrons. The van der Waals surface area contributed by atoms with Gasteiger partial charge in [-0.05, 0) is 47.9 Å². The SMILES string of the molecule is CC(Cc1ccsc1)NCc1ccc(Cl)s1. The number of halogens is 1. The van der Waals surface area contributed by atoms with Crippen LogP contribution in [0.3, 0.4) is 0 Å². The quantitative estimate of drug-likeness (QED) is 0.860. The molecular formula is C12H14ClNS2. The fourth-order valence-electron chi connectivity index (χ4n) is 1.56. The van der Waals surface area contributed by atoms with E-state index in [1.54, 1.807) is 22.7 Å². The standard InChI is InChI=1S/C12H14ClNS2/c1-9(6-10-4-5-15-8-10)14-7-11-2-3-12(13)16-11/h2-5,8-9,14H,6-7H2,1H3. The average molecular weight is 272 g/mol. The van der Waals surface area contributed by atoms with E-state index < -0.39 is 0 Å². The fraction of sp³-hybridized carbons (Fsp3) is 0.333. The maximum absolute atomic E-state index is 5.88. The molecule has 1 nitrogen and oxygen atoms in total. The first-order valence-electron chi connectivity index (χ1n) is 5.22. The molecule has 16 heavy (non-hydrogen) atoms. The Labute approximate surface area is 109 Å². The van der Waals surface area contributed by atoms with Crippen LogP contribution in [0.25, 0.3) is 0 Å². The van der Waals surface area contributed by atoms with E-state index in [1.165, 1.54) is 10.4 Å². The molecular weight excluding hydrogens is 258 g/mol. The van der Waals surface area contributed by atoms with Gasteiger partial charge in [0.2, 0.25) is 0 Å². The van der Waals surface area contributed by atoms with Crippen LogP contribution in [-0.2, 0) is 13.0 Å². The Morgan fingerprint density at radius 2 is 2.25 bits per heavy atom. The van der Waals surface area contributed by atoms with Gasteiger partial charge in [0.1, 0.15) is 0 Å². The molecule has 1 N–H and O–H groups in total. The molecule has 0 aliphatic rings. The normalized spacial score (nSPS) is 12.9. The van der Waals surface area contributed by atoms with Crippen molar-refractivity contribution in [2.45, 2.75) is 25.9 Å². The summed E-state index contributed by atoms with van der Waals surface area (Å²) in [6, 6.07) is 6.71. The van der Waals surface area contributed by atoms with Crippen molar-refractivity contribution in [1.82, 2.24) is 5.32 Å². The topological polar surface area (TPSA) is 12.0 Å². The molecule has 4 heteroatoms. The van der Waals surface area contributed by atoms with Crippen LogP contribution in [0.4, 0.5) is 0 Å². The third kappa shape index (κ3) is 3.59. The van der Waals surface area contributed by atoms with E-state index in [9.17, 15) is 0 Å². The summed E-state index contributed by atoms with van der Waals surface area (Å²) in [7, 11) is 0. The van der Waals surface area contributed by atoms with Crippen LogP contribution in [0.2, 0.25) is 4.34 Å². The third-order valence-electron chi connectivity index (χ3n) is 2.38. The predicted octanol–water partition coefficient (Wildman–Crippen LogP) is 4.18. The van der Waals surface area contributed by atoms with Crippen LogP contribution in [-0.4, -0.2) is 6.04 Å². The maximum atomic E-state index is 5.88. The van der Waals surface area contributed by atoms with Crippen molar-refractivity contribution >= 4 is 34.3 Å². The zero-order valence-corrected chi connectivity index (χ0v) is 11.5. The van der Waals surface area contributed by atoms with Crippen molar-refractivity contribution in [2.24, 2.45) is 0 Å². The molecule has 1 unspecified atom stereocenters. The summed E-state index contributed by atoms with van der Waals surface area (Å²) in [5, 5.41) is 7.84. The van der Waals surface area contributed by atoms with Gasteiger partial charge in [-0.1, -0.05) is 11.6 Å². The molecule has 0 radical (unpaired) electrons. The number of hydrogen-bond donors (Lipinski definition) is 1. The fourth-order valence-corrected chi connectivity index (χ4v) is 3.28. The van der Waals surface area contributed by atoms with Gasteiger partial charge < -0.3 is 5.32 Å². The lowest BCUT2D eigenvalue weighted by molar-refractivity contribution is 0.549. The Balaban J connectivity index is 1.77. The van der Waals surface area contributed by atoms with Crippen molar-refractivity contribution < 1.29 is 0 Å². The molecule has 1 atom stereocenters. The molecule has 0 saturated heterocycles. The summed E-state index contributed by atoms with van der Waals surface area (Å²) in [5.41, 5.74) is 1.41. The second kappa shape index (κ2) is 5.82. The van der Waals surface area contributed by atoms with E-state index in [1.807, 2.05) is 6.07 Å². The van der Waals surface area contributed by atoms with Gasteiger partial charge in [0, 0.05) is 17.5 Å². The van der Waals surface area contributed by atoms with Gasteiger partial charge in [-0.2, -0.15) is 11.3 Å². The summed E-state index contributed by atoms with van der Waals surface area (Å²) in [5.74, 6) is 0. The Bertz CT molecular complexity index is 422. The highest BCUT2D eigenvalue weighted by Gasteiger charge is 2.04. The summed E-state index contributed by atoms with van der Waals surface area (Å²) in [6.45, 7) is 3.12. The first-order valence-corrected chi connectivity index (χ1v) is 7.36. The molecule has 0 spiro atoms. The second-order valence-corrected chi connectivity index (χ2v) is 6.40. The predicted molar refractivity (Wildman–Crippen MR) is 73.7 cm³/mol. The number of rotatable bonds is 5. The van der Waals surface area contributed by atoms with E-state index >= 15 is 0 Å². The molecule has 2 aromatic rings. The first-order chi connectivity index (χ1) is 7.74. The van der Waals surface area contributed by atoms with Gasteiger partial charge in [0.25, 0.3) is 0 Å². The van der Waals surface area contributed by atoms with Crippen molar-refractivity contribution in [1.29, 1.82) is 0 Å². The van der Waals surface area contributed by atoms with Gasteiger partial charge in [-0.3, -0.25) is 0 Å². The lowest BCUT2D eigenvalue weighted by Gasteiger charge is -2.11. The minimum atomic E-state index is 0.496. The van der Waals surface area contributed by atoms with Gasteiger partial charge in [-0.25, -0.2) is 0 Å². The lowest BCUT2D eigenvalue weighted by Crippen LogP contribution is -2.26. The molecule has 0 fully saturated rings. The van der Waals surface area contributed by atoms with E-state index in [4.69, 9.17) is 11.6 Å². The Morgan fingerprint density at radius 1 is 1.38 bits per heavy atom. The Morgan fingerprint density at radius 3 is 2.88 bits per heavy atom. The summed E-state index contributed by atoms with van der Waals surface area (Å²) < 4.78 is 0.863. The molecule has 0 aliphatic carbocycles. The first kappa shape index (κ1) is 12.1. The largest absolute Gasteiger partial charge is 0.309 e. The van der Waals surface area contributed by atoms with Gasteiger partial charge in [-0.15, -0.1) is 11.3 Å². The Kier molecular flexibility index (Phi) is 4.41. The zero-order chi connectivity index (χ0) is 11.4. The molecule has 2 heterocycles. The molecule has 0 aromatic carbocycles. The van der Waals surface area contributed by atoms with Gasteiger partial charge in [0.15, 0.2) is 0 Å². The maximum Gasteiger partial charge on any atom is 0.0931 e. The molecule has 0 bridgehead atoms. The van der Waals surface area contributed by atoms with Crippen LogP contribution in [0.1, 0.15) is 17.4 Å². The van der Waals surface area contributed by atoms with E-state index in [-0.39, 0.29) is 0 Å². The highest BCUT2D eigenvalue weighted by molar-refractivity contribution is 7.16. The van der Waals surface area contributed by atoms with E-state index in [2.05, 4.69) is 35.1 Å².